The first-order chi connectivity index (χ1) is 11.5. The third kappa shape index (κ3) is 5.32. The first kappa shape index (κ1) is 21.2. The summed E-state index contributed by atoms with van der Waals surface area (Å²) in [5.41, 5.74) is 0. The number of rotatable bonds is 5. The molecule has 6 atom stereocenters. The van der Waals surface area contributed by atoms with Crippen LogP contribution in [0.5, 0.6) is 0 Å². The van der Waals surface area contributed by atoms with Crippen molar-refractivity contribution in [2.75, 3.05) is 6.61 Å². The predicted molar refractivity (Wildman–Crippen MR) is 75.0 cm³/mol. The number of aliphatic hydroxyl groups is 5. The van der Waals surface area contributed by atoms with E-state index in [1.807, 2.05) is 0 Å². The Labute approximate surface area is 141 Å². The molecule has 12 nitrogen and oxygen atoms in total. The Bertz CT molecular complexity index is 512. The summed E-state index contributed by atoms with van der Waals surface area (Å²) in [5, 5.41) is 51.1. The SMILES string of the molecule is CC(=O)N[C@@H]1[C@@H](O)C[C@](O)(C(=O)OOC(C)=O)O[C@H]1C(O)[C@H](O)CO. The summed E-state index contributed by atoms with van der Waals surface area (Å²) in [6, 6.07) is -1.32. The Balaban J connectivity index is 3.06. The molecular weight excluding hydrogens is 346 g/mol. The molecule has 0 saturated carbocycles. The molecular formula is C13H21NO11. The number of carbonyl (C=O) groups excluding carboxylic acids is 3. The minimum absolute atomic E-state index is 0.628. The lowest BCUT2D eigenvalue weighted by atomic mass is 9.88. The Hall–Kier alpha value is -1.83. The van der Waals surface area contributed by atoms with E-state index in [1.165, 1.54) is 0 Å². The lowest BCUT2D eigenvalue weighted by molar-refractivity contribution is -0.327. The number of hydrogen-bond acceptors (Lipinski definition) is 11. The molecule has 1 saturated heterocycles. The molecule has 1 rings (SSSR count). The maximum absolute atomic E-state index is 11.8. The summed E-state index contributed by atoms with van der Waals surface area (Å²) in [6.07, 6.45) is -7.77. The molecule has 1 fully saturated rings. The molecule has 0 aromatic heterocycles. The van der Waals surface area contributed by atoms with Crippen LogP contribution < -0.4 is 5.32 Å². The van der Waals surface area contributed by atoms with Crippen molar-refractivity contribution in [3.8, 4) is 0 Å². The highest BCUT2D eigenvalue weighted by molar-refractivity contribution is 5.78. The van der Waals surface area contributed by atoms with Crippen LogP contribution in [0, 0.1) is 0 Å². The average Bonchev–Trinajstić information content (AvgIpc) is 2.53. The van der Waals surface area contributed by atoms with Crippen LogP contribution in [0.1, 0.15) is 20.3 Å². The van der Waals surface area contributed by atoms with Crippen molar-refractivity contribution in [1.29, 1.82) is 0 Å². The zero-order chi connectivity index (χ0) is 19.4. The van der Waals surface area contributed by atoms with E-state index in [4.69, 9.17) is 9.84 Å². The fourth-order valence-corrected chi connectivity index (χ4v) is 2.29. The van der Waals surface area contributed by atoms with Crippen molar-refractivity contribution in [3.05, 3.63) is 0 Å². The van der Waals surface area contributed by atoms with Crippen LogP contribution in [0.4, 0.5) is 0 Å². The fourth-order valence-electron chi connectivity index (χ4n) is 2.29. The third-order valence-corrected chi connectivity index (χ3v) is 3.43. The van der Waals surface area contributed by atoms with Gasteiger partial charge in [-0.1, -0.05) is 0 Å². The average molecular weight is 367 g/mol. The van der Waals surface area contributed by atoms with Gasteiger partial charge in [0.05, 0.1) is 18.8 Å². The quantitative estimate of drug-likeness (QED) is 0.205. The van der Waals surface area contributed by atoms with Gasteiger partial charge in [-0.2, -0.15) is 0 Å². The van der Waals surface area contributed by atoms with Gasteiger partial charge >= 0.3 is 11.9 Å². The number of ether oxygens (including phenoxy) is 1. The molecule has 1 heterocycles. The zero-order valence-electron chi connectivity index (χ0n) is 13.5. The van der Waals surface area contributed by atoms with Crippen molar-refractivity contribution >= 4 is 17.8 Å². The summed E-state index contributed by atoms with van der Waals surface area (Å²) in [7, 11) is 0. The Morgan fingerprint density at radius 3 is 2.36 bits per heavy atom. The lowest BCUT2D eigenvalue weighted by Gasteiger charge is -2.44. The van der Waals surface area contributed by atoms with Crippen LogP contribution in [-0.2, 0) is 28.9 Å². The van der Waals surface area contributed by atoms with Gasteiger partial charge in [-0.25, -0.2) is 19.4 Å². The molecule has 1 unspecified atom stereocenters. The Morgan fingerprint density at radius 1 is 1.28 bits per heavy atom. The lowest BCUT2D eigenvalue weighted by Crippen LogP contribution is -2.67. The normalized spacial score (nSPS) is 31.6. The first-order valence-electron chi connectivity index (χ1n) is 7.23. The first-order valence-corrected chi connectivity index (χ1v) is 7.23. The summed E-state index contributed by atoms with van der Waals surface area (Å²) >= 11 is 0. The zero-order valence-corrected chi connectivity index (χ0v) is 13.5. The monoisotopic (exact) mass is 367 g/mol. The number of nitrogens with one attached hydrogen (secondary N) is 1. The van der Waals surface area contributed by atoms with Gasteiger partial charge in [0.1, 0.15) is 18.3 Å². The highest BCUT2D eigenvalue weighted by atomic mass is 17.2. The second kappa shape index (κ2) is 8.51. The molecule has 0 bridgehead atoms. The number of amides is 1. The van der Waals surface area contributed by atoms with Crippen LogP contribution >= 0.6 is 0 Å². The third-order valence-electron chi connectivity index (χ3n) is 3.43. The molecule has 6 N–H and O–H groups in total. The second-order valence-electron chi connectivity index (χ2n) is 5.55. The number of hydrogen-bond donors (Lipinski definition) is 6. The molecule has 0 aromatic rings. The van der Waals surface area contributed by atoms with E-state index in [-0.39, 0.29) is 0 Å². The maximum Gasteiger partial charge on any atom is 0.414 e. The molecule has 25 heavy (non-hydrogen) atoms. The van der Waals surface area contributed by atoms with Gasteiger partial charge < -0.3 is 35.6 Å². The molecule has 0 spiro atoms. The Morgan fingerprint density at radius 2 is 1.88 bits per heavy atom. The van der Waals surface area contributed by atoms with Crippen LogP contribution in [-0.4, -0.2) is 86.2 Å². The second-order valence-corrected chi connectivity index (χ2v) is 5.55. The van der Waals surface area contributed by atoms with Crippen molar-refractivity contribution in [2.45, 2.75) is 56.5 Å². The van der Waals surface area contributed by atoms with E-state index in [1.54, 1.807) is 0 Å². The predicted octanol–water partition coefficient (Wildman–Crippen LogP) is -3.94. The molecule has 1 amide bonds. The van der Waals surface area contributed by atoms with Gasteiger partial charge in [0.2, 0.25) is 5.91 Å². The summed E-state index contributed by atoms with van der Waals surface area (Å²) in [4.78, 5) is 41.8. The van der Waals surface area contributed by atoms with Crippen LogP contribution in [0.3, 0.4) is 0 Å². The minimum atomic E-state index is -2.84. The van der Waals surface area contributed by atoms with Crippen molar-refractivity contribution in [3.63, 3.8) is 0 Å². The molecule has 12 heteroatoms. The minimum Gasteiger partial charge on any atom is -0.394 e. The highest BCUT2D eigenvalue weighted by Gasteiger charge is 2.55. The summed E-state index contributed by atoms with van der Waals surface area (Å²) in [5.74, 6) is -6.07. The van der Waals surface area contributed by atoms with Gasteiger partial charge in [0.25, 0.3) is 5.79 Å². The molecule has 1 aliphatic rings. The van der Waals surface area contributed by atoms with Crippen molar-refractivity contribution < 1.29 is 54.4 Å². The topological polar surface area (TPSA) is 192 Å². The van der Waals surface area contributed by atoms with Gasteiger partial charge in [-0.3, -0.25) is 4.79 Å². The fraction of sp³-hybridized carbons (Fsp3) is 0.769. The van der Waals surface area contributed by atoms with Crippen LogP contribution in [0.25, 0.3) is 0 Å². The van der Waals surface area contributed by atoms with Crippen molar-refractivity contribution in [1.82, 2.24) is 5.32 Å². The van der Waals surface area contributed by atoms with E-state index in [0.29, 0.717) is 0 Å². The molecule has 1 aliphatic heterocycles. The van der Waals surface area contributed by atoms with Gasteiger partial charge in [0.15, 0.2) is 0 Å². The smallest absolute Gasteiger partial charge is 0.394 e. The highest BCUT2D eigenvalue weighted by Crippen LogP contribution is 2.31. The Kier molecular flexibility index (Phi) is 7.22. The molecule has 0 aliphatic carbocycles. The van der Waals surface area contributed by atoms with Gasteiger partial charge in [0, 0.05) is 20.3 Å². The largest absolute Gasteiger partial charge is 0.414 e. The van der Waals surface area contributed by atoms with Gasteiger partial charge in [-0.05, 0) is 0 Å². The van der Waals surface area contributed by atoms with Crippen LogP contribution in [0.15, 0.2) is 0 Å². The number of aliphatic hydroxyl groups excluding tert-OH is 4. The van der Waals surface area contributed by atoms with E-state index in [0.717, 1.165) is 13.8 Å². The summed E-state index contributed by atoms with van der Waals surface area (Å²) < 4.78 is 5.03. The van der Waals surface area contributed by atoms with Crippen molar-refractivity contribution in [2.24, 2.45) is 0 Å². The van der Waals surface area contributed by atoms with E-state index in [2.05, 4.69) is 15.1 Å². The maximum atomic E-state index is 11.8. The summed E-state index contributed by atoms with van der Waals surface area (Å²) in [6.45, 7) is 1.12. The van der Waals surface area contributed by atoms with Crippen LogP contribution in [0.2, 0.25) is 0 Å². The molecule has 144 valence electrons. The van der Waals surface area contributed by atoms with Gasteiger partial charge in [-0.15, -0.1) is 0 Å². The standard InChI is InChI=1S/C13H21NO11/c1-5(16)14-9-7(18)3-13(22,12(21)25-24-6(2)17)23-11(9)10(20)8(19)4-15/h7-11,15,18-20,22H,3-4H2,1-2H3,(H,14,16)/t7-,8+,9+,10?,11+,13+/m0/s1. The molecule has 0 aromatic carbocycles. The van der Waals surface area contributed by atoms with E-state index >= 15 is 0 Å². The number of carbonyl (C=O) groups is 3. The molecule has 0 radical (unpaired) electrons. The van der Waals surface area contributed by atoms with E-state index in [9.17, 15) is 34.8 Å². The van der Waals surface area contributed by atoms with E-state index < -0.39 is 67.1 Å².